The number of nitrogens with one attached hydrogen (secondary N) is 2. The van der Waals surface area contributed by atoms with E-state index in [4.69, 9.17) is 9.15 Å². The standard InChI is InChI=1S/C18H20N2O3/c1-22-13-4-2-3-11(9-13)16-7-8-17(23-16)18(21)20-15-10-12-5-6-14(15)19-12/h2-4,7-9,12,14-15,19H,5-6,10H2,1H3,(H,20,21)/t12-,14+,15-/m1/s1. The third-order valence-corrected chi connectivity index (χ3v) is 4.80. The van der Waals surface area contributed by atoms with E-state index in [2.05, 4.69) is 10.6 Å². The molecule has 4 rings (SSSR count). The van der Waals surface area contributed by atoms with Gasteiger partial charge in [-0.05, 0) is 43.5 Å². The Kier molecular flexibility index (Phi) is 3.58. The zero-order chi connectivity index (χ0) is 15.8. The topological polar surface area (TPSA) is 63.5 Å². The molecule has 0 aliphatic carbocycles. The van der Waals surface area contributed by atoms with E-state index in [9.17, 15) is 4.79 Å². The zero-order valence-electron chi connectivity index (χ0n) is 13.0. The smallest absolute Gasteiger partial charge is 0.287 e. The van der Waals surface area contributed by atoms with Crippen LogP contribution in [-0.2, 0) is 0 Å². The fourth-order valence-corrected chi connectivity index (χ4v) is 3.61. The normalized spacial score (nSPS) is 25.5. The second kappa shape index (κ2) is 5.74. The molecule has 0 saturated carbocycles. The fourth-order valence-electron chi connectivity index (χ4n) is 3.61. The molecule has 1 amide bonds. The Bertz CT molecular complexity index is 725. The number of ether oxygens (including phenoxy) is 1. The van der Waals surface area contributed by atoms with Crippen LogP contribution < -0.4 is 15.4 Å². The summed E-state index contributed by atoms with van der Waals surface area (Å²) < 4.78 is 11.0. The van der Waals surface area contributed by atoms with Crippen molar-refractivity contribution in [2.75, 3.05) is 7.11 Å². The van der Waals surface area contributed by atoms with Gasteiger partial charge in [0.15, 0.2) is 5.76 Å². The van der Waals surface area contributed by atoms with E-state index in [1.54, 1.807) is 13.2 Å². The summed E-state index contributed by atoms with van der Waals surface area (Å²) in [5.74, 6) is 1.64. The molecule has 0 radical (unpaired) electrons. The highest BCUT2D eigenvalue weighted by Gasteiger charge is 2.39. The molecule has 5 heteroatoms. The highest BCUT2D eigenvalue weighted by atomic mass is 16.5. The second-order valence-corrected chi connectivity index (χ2v) is 6.26. The van der Waals surface area contributed by atoms with Gasteiger partial charge in [-0.2, -0.15) is 0 Å². The number of methoxy groups -OCH3 is 1. The molecule has 2 aliphatic rings. The number of carbonyl (C=O) groups is 1. The summed E-state index contributed by atoms with van der Waals surface area (Å²) >= 11 is 0. The van der Waals surface area contributed by atoms with Crippen LogP contribution in [0.1, 0.15) is 29.8 Å². The van der Waals surface area contributed by atoms with Gasteiger partial charge in [-0.15, -0.1) is 0 Å². The van der Waals surface area contributed by atoms with E-state index in [0.29, 0.717) is 23.6 Å². The summed E-state index contributed by atoms with van der Waals surface area (Å²) in [7, 11) is 1.63. The molecule has 5 nitrogen and oxygen atoms in total. The van der Waals surface area contributed by atoms with Crippen molar-refractivity contribution in [3.8, 4) is 17.1 Å². The van der Waals surface area contributed by atoms with Crippen molar-refractivity contribution >= 4 is 5.91 Å². The van der Waals surface area contributed by atoms with Crippen LogP contribution in [0.2, 0.25) is 0 Å². The van der Waals surface area contributed by atoms with Crippen LogP contribution in [-0.4, -0.2) is 31.1 Å². The van der Waals surface area contributed by atoms with Crippen LogP contribution in [0, 0.1) is 0 Å². The van der Waals surface area contributed by atoms with E-state index >= 15 is 0 Å². The zero-order valence-corrected chi connectivity index (χ0v) is 13.0. The van der Waals surface area contributed by atoms with Crippen LogP contribution in [0.5, 0.6) is 5.75 Å². The summed E-state index contributed by atoms with van der Waals surface area (Å²) in [5, 5.41) is 6.61. The largest absolute Gasteiger partial charge is 0.497 e. The molecule has 3 heterocycles. The van der Waals surface area contributed by atoms with E-state index in [1.165, 1.54) is 6.42 Å². The highest BCUT2D eigenvalue weighted by molar-refractivity contribution is 5.92. The van der Waals surface area contributed by atoms with Crippen molar-refractivity contribution in [2.24, 2.45) is 0 Å². The van der Waals surface area contributed by atoms with Crippen molar-refractivity contribution in [3.63, 3.8) is 0 Å². The minimum atomic E-state index is -0.140. The first kappa shape index (κ1) is 14.3. The maximum absolute atomic E-state index is 12.4. The van der Waals surface area contributed by atoms with Crippen molar-refractivity contribution in [2.45, 2.75) is 37.4 Å². The van der Waals surface area contributed by atoms with E-state index in [0.717, 1.165) is 24.2 Å². The molecule has 1 aromatic carbocycles. The molecule has 2 bridgehead atoms. The van der Waals surface area contributed by atoms with Gasteiger partial charge in [0.05, 0.1) is 7.11 Å². The molecule has 2 aromatic rings. The average molecular weight is 312 g/mol. The number of furan rings is 1. The summed E-state index contributed by atoms with van der Waals surface area (Å²) in [5.41, 5.74) is 0.894. The van der Waals surface area contributed by atoms with Gasteiger partial charge in [0.2, 0.25) is 0 Å². The number of carbonyl (C=O) groups excluding carboxylic acids is 1. The van der Waals surface area contributed by atoms with Gasteiger partial charge < -0.3 is 19.8 Å². The molecule has 0 spiro atoms. The predicted octanol–water partition coefficient (Wildman–Crippen LogP) is 2.58. The third-order valence-electron chi connectivity index (χ3n) is 4.80. The molecule has 2 aliphatic heterocycles. The Morgan fingerprint density at radius 2 is 2.22 bits per heavy atom. The first-order chi connectivity index (χ1) is 11.2. The minimum absolute atomic E-state index is 0.140. The number of amides is 1. The molecule has 3 atom stereocenters. The van der Waals surface area contributed by atoms with Crippen molar-refractivity contribution in [3.05, 3.63) is 42.2 Å². The van der Waals surface area contributed by atoms with Gasteiger partial charge >= 0.3 is 0 Å². The maximum atomic E-state index is 12.4. The van der Waals surface area contributed by atoms with Gasteiger partial charge in [0.25, 0.3) is 5.91 Å². The lowest BCUT2D eigenvalue weighted by atomic mass is 9.95. The summed E-state index contributed by atoms with van der Waals surface area (Å²) in [6.07, 6.45) is 3.38. The van der Waals surface area contributed by atoms with E-state index < -0.39 is 0 Å². The Balaban J connectivity index is 1.47. The Labute approximate surface area is 135 Å². The van der Waals surface area contributed by atoms with Crippen LogP contribution in [0.4, 0.5) is 0 Å². The molecule has 2 fully saturated rings. The lowest BCUT2D eigenvalue weighted by Crippen LogP contribution is -2.42. The molecule has 23 heavy (non-hydrogen) atoms. The van der Waals surface area contributed by atoms with Crippen LogP contribution in [0.25, 0.3) is 11.3 Å². The quantitative estimate of drug-likeness (QED) is 0.911. The molecule has 2 N–H and O–H groups in total. The van der Waals surface area contributed by atoms with E-state index in [-0.39, 0.29) is 11.9 Å². The maximum Gasteiger partial charge on any atom is 0.287 e. The monoisotopic (exact) mass is 312 g/mol. The van der Waals surface area contributed by atoms with Crippen LogP contribution >= 0.6 is 0 Å². The number of hydrogen-bond acceptors (Lipinski definition) is 4. The van der Waals surface area contributed by atoms with Gasteiger partial charge in [-0.3, -0.25) is 4.79 Å². The fraction of sp³-hybridized carbons (Fsp3) is 0.389. The Morgan fingerprint density at radius 1 is 1.30 bits per heavy atom. The van der Waals surface area contributed by atoms with Gasteiger partial charge in [0, 0.05) is 23.7 Å². The molecule has 120 valence electrons. The summed E-state index contributed by atoms with van der Waals surface area (Å²) in [6, 6.07) is 12.3. The average Bonchev–Trinajstić information content (AvgIpc) is 3.31. The second-order valence-electron chi connectivity index (χ2n) is 6.26. The predicted molar refractivity (Wildman–Crippen MR) is 86.5 cm³/mol. The van der Waals surface area contributed by atoms with Gasteiger partial charge in [-0.25, -0.2) is 0 Å². The molecular weight excluding hydrogens is 292 g/mol. The number of hydrogen-bond donors (Lipinski definition) is 2. The first-order valence-corrected chi connectivity index (χ1v) is 8.04. The Morgan fingerprint density at radius 3 is 2.96 bits per heavy atom. The summed E-state index contributed by atoms with van der Waals surface area (Å²) in [4.78, 5) is 12.4. The number of rotatable bonds is 4. The van der Waals surface area contributed by atoms with Crippen LogP contribution in [0.15, 0.2) is 40.8 Å². The van der Waals surface area contributed by atoms with Crippen molar-refractivity contribution in [1.29, 1.82) is 0 Å². The van der Waals surface area contributed by atoms with Crippen molar-refractivity contribution < 1.29 is 13.9 Å². The molecular formula is C18H20N2O3. The molecule has 0 unspecified atom stereocenters. The SMILES string of the molecule is COc1cccc(-c2ccc(C(=O)N[C@@H]3C[C@H]4CC[C@@H]3N4)o2)c1. The minimum Gasteiger partial charge on any atom is -0.497 e. The highest BCUT2D eigenvalue weighted by Crippen LogP contribution is 2.29. The summed E-state index contributed by atoms with van der Waals surface area (Å²) in [6.45, 7) is 0. The number of fused-ring (bicyclic) bond motifs is 2. The number of benzene rings is 1. The lowest BCUT2D eigenvalue weighted by Gasteiger charge is -2.20. The van der Waals surface area contributed by atoms with Crippen LogP contribution in [0.3, 0.4) is 0 Å². The first-order valence-electron chi connectivity index (χ1n) is 8.04. The van der Waals surface area contributed by atoms with E-state index in [1.807, 2.05) is 30.3 Å². The van der Waals surface area contributed by atoms with Gasteiger partial charge in [-0.1, -0.05) is 12.1 Å². The molecule has 1 aromatic heterocycles. The van der Waals surface area contributed by atoms with Gasteiger partial charge in [0.1, 0.15) is 11.5 Å². The lowest BCUT2D eigenvalue weighted by molar-refractivity contribution is 0.0903. The Hall–Kier alpha value is -2.27. The van der Waals surface area contributed by atoms with Crippen molar-refractivity contribution in [1.82, 2.24) is 10.6 Å². The molecule has 2 saturated heterocycles. The third kappa shape index (κ3) is 2.72.